The van der Waals surface area contributed by atoms with Crippen LogP contribution in [-0.4, -0.2) is 23.5 Å². The van der Waals surface area contributed by atoms with Gasteiger partial charge in [-0.2, -0.15) is 0 Å². The number of carboxylic acid groups (broad SMARTS) is 1. The minimum atomic E-state index is -0.837. The Balaban J connectivity index is 2.20. The zero-order valence-corrected chi connectivity index (χ0v) is 13.1. The zero-order chi connectivity index (χ0) is 15.9. The molecule has 2 N–H and O–H groups in total. The standard InChI is InChI=1S/C17H25NO3/c1-13-7-9-14(10-8-13)5-4-6-15(19)18-12-11-17(2,3)16(20)21/h7-10H,4-6,11-12H2,1-3H3,(H,18,19)(H,20,21). The van der Waals surface area contributed by atoms with Crippen molar-refractivity contribution in [2.45, 2.75) is 46.5 Å². The lowest BCUT2D eigenvalue weighted by Gasteiger charge is -2.18. The summed E-state index contributed by atoms with van der Waals surface area (Å²) in [6, 6.07) is 8.32. The number of benzene rings is 1. The lowest BCUT2D eigenvalue weighted by Crippen LogP contribution is -2.31. The summed E-state index contributed by atoms with van der Waals surface area (Å²) in [6.45, 7) is 5.79. The highest BCUT2D eigenvalue weighted by atomic mass is 16.4. The van der Waals surface area contributed by atoms with Gasteiger partial charge in [0, 0.05) is 13.0 Å². The summed E-state index contributed by atoms with van der Waals surface area (Å²) in [5.41, 5.74) is 1.67. The molecule has 1 amide bonds. The quantitative estimate of drug-likeness (QED) is 0.774. The fourth-order valence-electron chi connectivity index (χ4n) is 1.92. The van der Waals surface area contributed by atoms with Crippen molar-refractivity contribution in [1.29, 1.82) is 0 Å². The van der Waals surface area contributed by atoms with Crippen LogP contribution < -0.4 is 5.32 Å². The van der Waals surface area contributed by atoms with Gasteiger partial charge in [-0.05, 0) is 45.6 Å². The molecule has 0 aliphatic carbocycles. The molecule has 21 heavy (non-hydrogen) atoms. The van der Waals surface area contributed by atoms with Crippen LogP contribution in [0.15, 0.2) is 24.3 Å². The van der Waals surface area contributed by atoms with E-state index < -0.39 is 11.4 Å². The summed E-state index contributed by atoms with van der Waals surface area (Å²) >= 11 is 0. The van der Waals surface area contributed by atoms with Gasteiger partial charge in [0.05, 0.1) is 5.41 Å². The lowest BCUT2D eigenvalue weighted by molar-refractivity contribution is -0.147. The van der Waals surface area contributed by atoms with Crippen molar-refractivity contribution in [2.24, 2.45) is 5.41 Å². The van der Waals surface area contributed by atoms with Crippen LogP contribution in [-0.2, 0) is 16.0 Å². The molecule has 0 heterocycles. The van der Waals surface area contributed by atoms with E-state index in [0.717, 1.165) is 12.8 Å². The smallest absolute Gasteiger partial charge is 0.309 e. The number of carboxylic acids is 1. The highest BCUT2D eigenvalue weighted by Gasteiger charge is 2.26. The Morgan fingerprint density at radius 3 is 2.38 bits per heavy atom. The molecule has 116 valence electrons. The minimum absolute atomic E-state index is 0.0108. The number of carbonyl (C=O) groups is 2. The van der Waals surface area contributed by atoms with Crippen molar-refractivity contribution in [1.82, 2.24) is 5.32 Å². The Hall–Kier alpha value is -1.84. The van der Waals surface area contributed by atoms with E-state index in [-0.39, 0.29) is 5.91 Å². The summed E-state index contributed by atoms with van der Waals surface area (Å²) < 4.78 is 0. The molecule has 0 saturated heterocycles. The summed E-state index contributed by atoms with van der Waals surface area (Å²) in [6.07, 6.45) is 2.60. The van der Waals surface area contributed by atoms with E-state index in [9.17, 15) is 9.59 Å². The Labute approximate surface area is 126 Å². The number of amides is 1. The van der Waals surface area contributed by atoms with E-state index in [4.69, 9.17) is 5.11 Å². The van der Waals surface area contributed by atoms with Crippen molar-refractivity contribution in [3.05, 3.63) is 35.4 Å². The first-order valence-corrected chi connectivity index (χ1v) is 7.37. The largest absolute Gasteiger partial charge is 0.481 e. The van der Waals surface area contributed by atoms with Crippen molar-refractivity contribution < 1.29 is 14.7 Å². The molecule has 0 spiro atoms. The van der Waals surface area contributed by atoms with Gasteiger partial charge in [0.2, 0.25) is 5.91 Å². The van der Waals surface area contributed by atoms with Crippen LogP contribution in [0.5, 0.6) is 0 Å². The topological polar surface area (TPSA) is 66.4 Å². The summed E-state index contributed by atoms with van der Waals surface area (Å²) in [7, 11) is 0. The highest BCUT2D eigenvalue weighted by molar-refractivity contribution is 5.76. The minimum Gasteiger partial charge on any atom is -0.481 e. The molecule has 0 unspecified atom stereocenters. The lowest BCUT2D eigenvalue weighted by atomic mass is 9.90. The maximum absolute atomic E-state index is 11.7. The Bertz CT molecular complexity index is 477. The number of nitrogens with one attached hydrogen (secondary N) is 1. The van der Waals surface area contributed by atoms with E-state index in [2.05, 4.69) is 36.5 Å². The van der Waals surface area contributed by atoms with Gasteiger partial charge in [0.25, 0.3) is 0 Å². The molecule has 0 radical (unpaired) electrons. The molecule has 4 heteroatoms. The fourth-order valence-corrected chi connectivity index (χ4v) is 1.92. The van der Waals surface area contributed by atoms with Crippen molar-refractivity contribution in [2.75, 3.05) is 6.54 Å². The first kappa shape index (κ1) is 17.2. The molecule has 0 aliphatic heterocycles. The van der Waals surface area contributed by atoms with Crippen LogP contribution in [0.4, 0.5) is 0 Å². The van der Waals surface area contributed by atoms with Crippen LogP contribution in [0.1, 0.15) is 44.2 Å². The summed E-state index contributed by atoms with van der Waals surface area (Å²) in [5, 5.41) is 11.8. The van der Waals surface area contributed by atoms with Gasteiger partial charge in [-0.15, -0.1) is 0 Å². The molecule has 0 saturated carbocycles. The Morgan fingerprint density at radius 2 is 1.81 bits per heavy atom. The number of hydrogen-bond donors (Lipinski definition) is 2. The highest BCUT2D eigenvalue weighted by Crippen LogP contribution is 2.19. The van der Waals surface area contributed by atoms with E-state index in [1.807, 2.05) is 0 Å². The van der Waals surface area contributed by atoms with Crippen molar-refractivity contribution in [3.63, 3.8) is 0 Å². The molecule has 4 nitrogen and oxygen atoms in total. The Kier molecular flexibility index (Phi) is 6.40. The summed E-state index contributed by atoms with van der Waals surface area (Å²) in [5.74, 6) is -0.848. The van der Waals surface area contributed by atoms with E-state index >= 15 is 0 Å². The van der Waals surface area contributed by atoms with Crippen LogP contribution in [0.25, 0.3) is 0 Å². The van der Waals surface area contributed by atoms with Crippen LogP contribution >= 0.6 is 0 Å². The fraction of sp³-hybridized carbons (Fsp3) is 0.529. The number of aliphatic carboxylic acids is 1. The van der Waals surface area contributed by atoms with Crippen LogP contribution in [0, 0.1) is 12.3 Å². The second kappa shape index (κ2) is 7.81. The van der Waals surface area contributed by atoms with Gasteiger partial charge in [-0.1, -0.05) is 29.8 Å². The van der Waals surface area contributed by atoms with E-state index in [1.165, 1.54) is 11.1 Å². The maximum Gasteiger partial charge on any atom is 0.309 e. The SMILES string of the molecule is Cc1ccc(CCCC(=O)NCCC(C)(C)C(=O)O)cc1. The molecule has 0 atom stereocenters. The predicted octanol–water partition coefficient (Wildman–Crippen LogP) is 2.93. The third-order valence-electron chi connectivity index (χ3n) is 3.64. The molecule has 1 rings (SSSR count). The zero-order valence-electron chi connectivity index (χ0n) is 13.1. The molecule has 1 aromatic rings. The third kappa shape index (κ3) is 6.43. The average molecular weight is 291 g/mol. The Morgan fingerprint density at radius 1 is 1.19 bits per heavy atom. The van der Waals surface area contributed by atoms with Crippen LogP contribution in [0.3, 0.4) is 0 Å². The number of aryl methyl sites for hydroxylation is 2. The van der Waals surface area contributed by atoms with Gasteiger partial charge >= 0.3 is 5.97 Å². The molecule has 0 aromatic heterocycles. The van der Waals surface area contributed by atoms with Crippen molar-refractivity contribution in [3.8, 4) is 0 Å². The average Bonchev–Trinajstić information content (AvgIpc) is 2.40. The molecule has 0 fully saturated rings. The molecule has 1 aromatic carbocycles. The molecule has 0 bridgehead atoms. The monoisotopic (exact) mass is 291 g/mol. The number of hydrogen-bond acceptors (Lipinski definition) is 2. The normalized spacial score (nSPS) is 11.2. The predicted molar refractivity (Wildman–Crippen MR) is 83.2 cm³/mol. The molecular formula is C17H25NO3. The summed E-state index contributed by atoms with van der Waals surface area (Å²) in [4.78, 5) is 22.6. The number of carbonyl (C=O) groups excluding carboxylic acids is 1. The number of rotatable bonds is 8. The van der Waals surface area contributed by atoms with Gasteiger partial charge in [-0.25, -0.2) is 0 Å². The van der Waals surface area contributed by atoms with Crippen molar-refractivity contribution >= 4 is 11.9 Å². The second-order valence-corrected chi connectivity index (χ2v) is 6.13. The van der Waals surface area contributed by atoms with Gasteiger partial charge in [-0.3, -0.25) is 9.59 Å². The second-order valence-electron chi connectivity index (χ2n) is 6.13. The molecule has 0 aliphatic rings. The molecular weight excluding hydrogens is 266 g/mol. The first-order chi connectivity index (χ1) is 9.81. The van der Waals surface area contributed by atoms with E-state index in [0.29, 0.717) is 19.4 Å². The van der Waals surface area contributed by atoms with Gasteiger partial charge in [0.15, 0.2) is 0 Å². The van der Waals surface area contributed by atoms with Gasteiger partial charge < -0.3 is 10.4 Å². The van der Waals surface area contributed by atoms with E-state index in [1.54, 1.807) is 13.8 Å². The van der Waals surface area contributed by atoms with Gasteiger partial charge in [0.1, 0.15) is 0 Å². The third-order valence-corrected chi connectivity index (χ3v) is 3.64. The van der Waals surface area contributed by atoms with Crippen LogP contribution in [0.2, 0.25) is 0 Å². The maximum atomic E-state index is 11.7. The first-order valence-electron chi connectivity index (χ1n) is 7.37.